The fourth-order valence-corrected chi connectivity index (χ4v) is 2.95. The van der Waals surface area contributed by atoms with Crippen molar-refractivity contribution in [2.24, 2.45) is 0 Å². The van der Waals surface area contributed by atoms with Gasteiger partial charge in [0.15, 0.2) is 0 Å². The van der Waals surface area contributed by atoms with E-state index in [4.69, 9.17) is 0 Å². The fraction of sp³-hybridized carbons (Fsp3) is 0.238. The van der Waals surface area contributed by atoms with Gasteiger partial charge in [-0.15, -0.1) is 0 Å². The number of benzene rings is 2. The number of carbonyl (C=O) groups excluding carboxylic acids is 1. The summed E-state index contributed by atoms with van der Waals surface area (Å²) in [5, 5.41) is 7.45. The molecule has 0 saturated heterocycles. The SMILES string of the molecule is Cc1ccc(-n2ncc([C@@H](C)NC(=O)Cc3ccc(F)cc3)c2C)cc1. The maximum atomic E-state index is 13.0. The number of aromatic nitrogens is 2. The van der Waals surface area contributed by atoms with E-state index in [2.05, 4.69) is 10.4 Å². The minimum Gasteiger partial charge on any atom is -0.349 e. The van der Waals surface area contributed by atoms with Crippen molar-refractivity contribution in [2.75, 3.05) is 0 Å². The van der Waals surface area contributed by atoms with Crippen LogP contribution in [0.3, 0.4) is 0 Å². The van der Waals surface area contributed by atoms with Crippen LogP contribution in [-0.4, -0.2) is 15.7 Å². The average Bonchev–Trinajstić information content (AvgIpc) is 2.99. The number of hydrogen-bond acceptors (Lipinski definition) is 2. The highest BCUT2D eigenvalue weighted by Crippen LogP contribution is 2.20. The maximum Gasteiger partial charge on any atom is 0.224 e. The highest BCUT2D eigenvalue weighted by Gasteiger charge is 2.16. The van der Waals surface area contributed by atoms with Crippen LogP contribution in [0.2, 0.25) is 0 Å². The minimum atomic E-state index is -0.304. The van der Waals surface area contributed by atoms with Crippen molar-refractivity contribution in [3.05, 3.63) is 82.9 Å². The largest absolute Gasteiger partial charge is 0.349 e. The number of nitrogens with zero attached hydrogens (tertiary/aromatic N) is 2. The van der Waals surface area contributed by atoms with Crippen LogP contribution in [0.4, 0.5) is 4.39 Å². The molecule has 1 amide bonds. The van der Waals surface area contributed by atoms with E-state index in [9.17, 15) is 9.18 Å². The summed E-state index contributed by atoms with van der Waals surface area (Å²) in [6.07, 6.45) is 2.01. The van der Waals surface area contributed by atoms with Gasteiger partial charge in [-0.2, -0.15) is 5.10 Å². The molecule has 3 aromatic rings. The Kier molecular flexibility index (Phi) is 5.16. The third-order valence-electron chi connectivity index (χ3n) is 4.45. The molecule has 0 aliphatic heterocycles. The number of halogens is 1. The molecule has 0 aliphatic carbocycles. The Hall–Kier alpha value is -2.95. The number of rotatable bonds is 5. The number of amides is 1. The number of hydrogen-bond donors (Lipinski definition) is 1. The van der Waals surface area contributed by atoms with Crippen LogP contribution in [0, 0.1) is 19.7 Å². The molecule has 1 aromatic heterocycles. The third kappa shape index (κ3) is 3.99. The number of nitrogens with one attached hydrogen (secondary N) is 1. The summed E-state index contributed by atoms with van der Waals surface area (Å²) in [6.45, 7) is 5.97. The number of aryl methyl sites for hydroxylation is 1. The van der Waals surface area contributed by atoms with Gasteiger partial charge in [0.05, 0.1) is 24.3 Å². The molecular weight excluding hydrogens is 329 g/mol. The van der Waals surface area contributed by atoms with E-state index in [-0.39, 0.29) is 24.2 Å². The molecular formula is C21H22FN3O. The summed E-state index contributed by atoms with van der Waals surface area (Å²) >= 11 is 0. The maximum absolute atomic E-state index is 13.0. The van der Waals surface area contributed by atoms with E-state index in [0.29, 0.717) is 0 Å². The molecule has 0 aliphatic rings. The van der Waals surface area contributed by atoms with Crippen LogP contribution in [0.1, 0.15) is 35.3 Å². The summed E-state index contributed by atoms with van der Waals surface area (Å²) in [5.41, 5.74) is 4.93. The Morgan fingerprint density at radius 1 is 1.12 bits per heavy atom. The van der Waals surface area contributed by atoms with E-state index in [1.807, 2.05) is 49.7 Å². The second-order valence-electron chi connectivity index (χ2n) is 6.53. The van der Waals surface area contributed by atoms with Gasteiger partial charge in [-0.1, -0.05) is 29.8 Å². The Morgan fingerprint density at radius 2 is 1.77 bits per heavy atom. The van der Waals surface area contributed by atoms with E-state index in [1.165, 1.54) is 17.7 Å². The topological polar surface area (TPSA) is 46.9 Å². The molecule has 4 nitrogen and oxygen atoms in total. The molecule has 2 aromatic carbocycles. The first-order valence-corrected chi connectivity index (χ1v) is 8.59. The molecule has 0 spiro atoms. The van der Waals surface area contributed by atoms with Gasteiger partial charge >= 0.3 is 0 Å². The molecule has 1 N–H and O–H groups in total. The van der Waals surface area contributed by atoms with Gasteiger partial charge in [-0.25, -0.2) is 9.07 Å². The zero-order valence-electron chi connectivity index (χ0n) is 15.2. The summed E-state index contributed by atoms with van der Waals surface area (Å²) < 4.78 is 14.8. The Bertz CT molecular complexity index is 898. The van der Waals surface area contributed by atoms with Crippen molar-refractivity contribution in [2.45, 2.75) is 33.2 Å². The first-order chi connectivity index (χ1) is 12.4. The van der Waals surface area contributed by atoms with Crippen molar-refractivity contribution < 1.29 is 9.18 Å². The van der Waals surface area contributed by atoms with E-state index in [1.54, 1.807) is 18.3 Å². The van der Waals surface area contributed by atoms with E-state index < -0.39 is 0 Å². The van der Waals surface area contributed by atoms with Crippen LogP contribution >= 0.6 is 0 Å². The summed E-state index contributed by atoms with van der Waals surface area (Å²) in [6, 6.07) is 14.0. The van der Waals surface area contributed by atoms with Gasteiger partial charge < -0.3 is 5.32 Å². The van der Waals surface area contributed by atoms with E-state index >= 15 is 0 Å². The van der Waals surface area contributed by atoms with Gasteiger partial charge in [0.2, 0.25) is 5.91 Å². The molecule has 1 heterocycles. The summed E-state index contributed by atoms with van der Waals surface area (Å²) in [5.74, 6) is -0.409. The molecule has 0 bridgehead atoms. The van der Waals surface area contributed by atoms with Crippen LogP contribution in [0.15, 0.2) is 54.7 Å². The van der Waals surface area contributed by atoms with Crippen molar-refractivity contribution in [3.8, 4) is 5.69 Å². The Labute approximate surface area is 152 Å². The zero-order chi connectivity index (χ0) is 18.7. The van der Waals surface area contributed by atoms with Crippen LogP contribution in [-0.2, 0) is 11.2 Å². The van der Waals surface area contributed by atoms with Crippen molar-refractivity contribution in [3.63, 3.8) is 0 Å². The van der Waals surface area contributed by atoms with Gasteiger partial charge in [0, 0.05) is 11.3 Å². The van der Waals surface area contributed by atoms with Crippen molar-refractivity contribution >= 4 is 5.91 Å². The molecule has 26 heavy (non-hydrogen) atoms. The molecule has 134 valence electrons. The van der Waals surface area contributed by atoms with Gasteiger partial charge in [-0.3, -0.25) is 4.79 Å². The predicted molar refractivity (Wildman–Crippen MR) is 99.7 cm³/mol. The van der Waals surface area contributed by atoms with Gasteiger partial charge in [0.1, 0.15) is 5.82 Å². The number of carbonyl (C=O) groups is 1. The normalized spacial score (nSPS) is 12.0. The summed E-state index contributed by atoms with van der Waals surface area (Å²) in [4.78, 5) is 12.3. The first kappa shape index (κ1) is 17.9. The van der Waals surface area contributed by atoms with Crippen LogP contribution < -0.4 is 5.32 Å². The highest BCUT2D eigenvalue weighted by molar-refractivity contribution is 5.79. The van der Waals surface area contributed by atoms with Crippen molar-refractivity contribution in [1.82, 2.24) is 15.1 Å². The Morgan fingerprint density at radius 3 is 2.42 bits per heavy atom. The predicted octanol–water partition coefficient (Wildman–Crippen LogP) is 4.05. The smallest absolute Gasteiger partial charge is 0.224 e. The van der Waals surface area contributed by atoms with Crippen LogP contribution in [0.5, 0.6) is 0 Å². The molecule has 0 unspecified atom stereocenters. The first-order valence-electron chi connectivity index (χ1n) is 8.59. The highest BCUT2D eigenvalue weighted by atomic mass is 19.1. The molecule has 5 heteroatoms. The molecule has 3 rings (SSSR count). The van der Waals surface area contributed by atoms with Gasteiger partial charge in [0.25, 0.3) is 0 Å². The Balaban J connectivity index is 1.70. The molecule has 1 atom stereocenters. The standard InChI is InChI=1S/C21H22FN3O/c1-14-4-10-19(11-5-14)25-16(3)20(13-23-25)15(2)24-21(26)12-17-6-8-18(22)9-7-17/h4-11,13,15H,12H2,1-3H3,(H,24,26)/t15-/m1/s1. The third-order valence-corrected chi connectivity index (χ3v) is 4.45. The van der Waals surface area contributed by atoms with Gasteiger partial charge in [-0.05, 0) is 50.6 Å². The fourth-order valence-electron chi connectivity index (χ4n) is 2.95. The lowest BCUT2D eigenvalue weighted by atomic mass is 10.1. The quantitative estimate of drug-likeness (QED) is 0.754. The second kappa shape index (κ2) is 7.52. The van der Waals surface area contributed by atoms with E-state index in [0.717, 1.165) is 22.5 Å². The summed E-state index contributed by atoms with van der Waals surface area (Å²) in [7, 11) is 0. The zero-order valence-corrected chi connectivity index (χ0v) is 15.2. The lowest BCUT2D eigenvalue weighted by Gasteiger charge is -2.14. The molecule has 0 fully saturated rings. The molecule has 0 radical (unpaired) electrons. The lowest BCUT2D eigenvalue weighted by Crippen LogP contribution is -2.28. The average molecular weight is 351 g/mol. The minimum absolute atomic E-state index is 0.105. The van der Waals surface area contributed by atoms with Crippen molar-refractivity contribution in [1.29, 1.82) is 0 Å². The van der Waals surface area contributed by atoms with Crippen LogP contribution in [0.25, 0.3) is 5.69 Å². The molecule has 0 saturated carbocycles. The monoisotopic (exact) mass is 351 g/mol. The second-order valence-corrected chi connectivity index (χ2v) is 6.53. The lowest BCUT2D eigenvalue weighted by molar-refractivity contribution is -0.121.